The molecule has 4 aromatic carbocycles. The maximum Gasteiger partial charge on any atom is 0.338 e. The summed E-state index contributed by atoms with van der Waals surface area (Å²) in [4.78, 5) is 12.4. The second-order valence-electron chi connectivity index (χ2n) is 10.8. The number of ether oxygens (including phenoxy) is 2. The summed E-state index contributed by atoms with van der Waals surface area (Å²) < 4.78 is 11.9. The van der Waals surface area contributed by atoms with Gasteiger partial charge in [0.05, 0.1) is 23.3 Å². The molecule has 0 spiro atoms. The van der Waals surface area contributed by atoms with Crippen molar-refractivity contribution in [3.8, 4) is 34.8 Å². The van der Waals surface area contributed by atoms with Crippen LogP contribution in [0.1, 0.15) is 90.4 Å². The Bertz CT molecular complexity index is 1650. The lowest BCUT2D eigenvalue weighted by Crippen LogP contribution is -2.06. The molecule has 41 heavy (non-hydrogen) atoms. The number of hydrogen-bond donors (Lipinski definition) is 0. The van der Waals surface area contributed by atoms with E-state index >= 15 is 0 Å². The monoisotopic (exact) mass is 542 g/mol. The molecular formula is C36H34N2O3. The highest BCUT2D eigenvalue weighted by Gasteiger charge is 2.23. The van der Waals surface area contributed by atoms with Crippen molar-refractivity contribution in [1.29, 1.82) is 10.5 Å². The zero-order chi connectivity index (χ0) is 28.8. The van der Waals surface area contributed by atoms with Crippen LogP contribution < -0.4 is 4.74 Å². The SMILES string of the molecule is CCCCOC(=O)c1ccc(Oc2cc(C3CCCCC3)cc3cc(C#N)c(C#N)c(-c4cccc(C)c4)c23)cc1. The van der Waals surface area contributed by atoms with Gasteiger partial charge in [-0.15, -0.1) is 0 Å². The average Bonchev–Trinajstić information content (AvgIpc) is 3.00. The van der Waals surface area contributed by atoms with E-state index < -0.39 is 0 Å². The van der Waals surface area contributed by atoms with Crippen molar-refractivity contribution in [2.45, 2.75) is 64.7 Å². The molecule has 0 atom stereocenters. The summed E-state index contributed by atoms with van der Waals surface area (Å²) in [7, 11) is 0. The number of benzene rings is 4. The molecule has 0 amide bonds. The molecule has 0 aromatic heterocycles. The molecule has 5 heteroatoms. The molecule has 1 aliphatic carbocycles. The van der Waals surface area contributed by atoms with Crippen LogP contribution in [0.4, 0.5) is 0 Å². The second-order valence-corrected chi connectivity index (χ2v) is 10.8. The van der Waals surface area contributed by atoms with Crippen LogP contribution in [0, 0.1) is 29.6 Å². The van der Waals surface area contributed by atoms with Crippen molar-refractivity contribution in [2.24, 2.45) is 0 Å². The van der Waals surface area contributed by atoms with Gasteiger partial charge in [0.25, 0.3) is 0 Å². The third-order valence-electron chi connectivity index (χ3n) is 7.89. The molecule has 1 saturated carbocycles. The highest BCUT2D eigenvalue weighted by Crippen LogP contribution is 2.44. The van der Waals surface area contributed by atoms with Crippen LogP contribution >= 0.6 is 0 Å². The third kappa shape index (κ3) is 6.11. The summed E-state index contributed by atoms with van der Waals surface area (Å²) in [5, 5.41) is 21.9. The third-order valence-corrected chi connectivity index (χ3v) is 7.89. The van der Waals surface area contributed by atoms with E-state index in [2.05, 4.69) is 31.2 Å². The Hall–Kier alpha value is -4.61. The Kier molecular flexibility index (Phi) is 8.66. The van der Waals surface area contributed by atoms with Crippen molar-refractivity contribution >= 4 is 16.7 Å². The van der Waals surface area contributed by atoms with E-state index in [9.17, 15) is 15.3 Å². The molecule has 1 fully saturated rings. The van der Waals surface area contributed by atoms with E-state index in [1.54, 1.807) is 24.3 Å². The number of aryl methyl sites for hydroxylation is 1. The molecule has 0 unspecified atom stereocenters. The molecular weight excluding hydrogens is 508 g/mol. The number of carbonyl (C=O) groups is 1. The normalized spacial score (nSPS) is 13.4. The first-order valence-corrected chi connectivity index (χ1v) is 14.5. The van der Waals surface area contributed by atoms with E-state index in [0.717, 1.165) is 47.6 Å². The fourth-order valence-electron chi connectivity index (χ4n) is 5.75. The molecule has 0 heterocycles. The van der Waals surface area contributed by atoms with Crippen LogP contribution in [-0.2, 0) is 4.74 Å². The van der Waals surface area contributed by atoms with Crippen molar-refractivity contribution in [3.05, 3.63) is 94.5 Å². The Balaban J connectivity index is 1.66. The summed E-state index contributed by atoms with van der Waals surface area (Å²) in [5.74, 6) is 1.28. The number of nitrogens with zero attached hydrogens (tertiary/aromatic N) is 2. The number of carbonyl (C=O) groups excluding carboxylic acids is 1. The van der Waals surface area contributed by atoms with Gasteiger partial charge < -0.3 is 9.47 Å². The van der Waals surface area contributed by atoms with Gasteiger partial charge in [-0.1, -0.05) is 68.5 Å². The van der Waals surface area contributed by atoms with Gasteiger partial charge in [0.2, 0.25) is 0 Å². The van der Waals surface area contributed by atoms with Crippen molar-refractivity contribution in [1.82, 2.24) is 0 Å². The quantitative estimate of drug-likeness (QED) is 0.164. The summed E-state index contributed by atoms with van der Waals surface area (Å²) in [6.07, 6.45) is 7.67. The van der Waals surface area contributed by atoms with Crippen molar-refractivity contribution in [3.63, 3.8) is 0 Å². The van der Waals surface area contributed by atoms with Crippen molar-refractivity contribution < 1.29 is 14.3 Å². The molecule has 4 aromatic rings. The minimum absolute atomic E-state index is 0.339. The van der Waals surface area contributed by atoms with Gasteiger partial charge in [0, 0.05) is 10.9 Å². The Morgan fingerprint density at radius 3 is 2.41 bits per heavy atom. The minimum atomic E-state index is -0.348. The fraction of sp³-hybridized carbons (Fsp3) is 0.306. The van der Waals surface area contributed by atoms with E-state index in [4.69, 9.17) is 9.47 Å². The highest BCUT2D eigenvalue weighted by molar-refractivity contribution is 6.05. The summed E-state index contributed by atoms with van der Waals surface area (Å²) in [6, 6.07) is 25.6. The van der Waals surface area contributed by atoms with E-state index in [1.165, 1.54) is 24.8 Å². The molecule has 0 N–H and O–H groups in total. The zero-order valence-electron chi connectivity index (χ0n) is 23.7. The Morgan fingerprint density at radius 2 is 1.73 bits per heavy atom. The summed E-state index contributed by atoms with van der Waals surface area (Å²) in [6.45, 7) is 4.47. The van der Waals surface area contributed by atoms with Gasteiger partial charge in [0.15, 0.2) is 0 Å². The standard InChI is InChI=1S/C36H34N2O3/c1-3-4-17-40-36(39)26-13-15-31(16-14-26)41-33-21-28(25-10-6-5-7-11-25)19-29-20-30(22-37)32(23-38)34(35(29)33)27-12-8-9-24(2)18-27/h8-9,12-16,18-21,25H,3-7,10-11,17H2,1-2H3. The topological polar surface area (TPSA) is 83.1 Å². The summed E-state index contributed by atoms with van der Waals surface area (Å²) >= 11 is 0. The number of rotatable bonds is 8. The van der Waals surface area contributed by atoms with Gasteiger partial charge in [-0.2, -0.15) is 10.5 Å². The lowest BCUT2D eigenvalue weighted by Gasteiger charge is -2.24. The van der Waals surface area contributed by atoms with Gasteiger partial charge >= 0.3 is 5.97 Å². The second kappa shape index (κ2) is 12.7. The molecule has 5 nitrogen and oxygen atoms in total. The van der Waals surface area contributed by atoms with E-state index in [1.807, 2.05) is 37.3 Å². The molecule has 0 bridgehead atoms. The molecule has 0 radical (unpaired) electrons. The smallest absolute Gasteiger partial charge is 0.338 e. The van der Waals surface area contributed by atoms with Crippen LogP contribution in [0.2, 0.25) is 0 Å². The van der Waals surface area contributed by atoms with Gasteiger partial charge in [0.1, 0.15) is 23.6 Å². The van der Waals surface area contributed by atoms with E-state index in [-0.39, 0.29) is 5.97 Å². The minimum Gasteiger partial charge on any atom is -0.462 e. The number of unbranched alkanes of at least 4 members (excludes halogenated alkanes) is 1. The molecule has 1 aliphatic rings. The van der Waals surface area contributed by atoms with Crippen molar-refractivity contribution in [2.75, 3.05) is 6.61 Å². The van der Waals surface area contributed by atoms with Crippen LogP contribution in [0.25, 0.3) is 21.9 Å². The highest BCUT2D eigenvalue weighted by atomic mass is 16.5. The van der Waals surface area contributed by atoms with Gasteiger partial charge in [-0.05, 0) is 85.0 Å². The molecule has 206 valence electrons. The molecule has 0 aliphatic heterocycles. The fourth-order valence-corrected chi connectivity index (χ4v) is 5.75. The predicted molar refractivity (Wildman–Crippen MR) is 161 cm³/mol. The first-order valence-electron chi connectivity index (χ1n) is 14.5. The Labute approximate surface area is 242 Å². The number of nitriles is 2. The van der Waals surface area contributed by atoms with E-state index in [0.29, 0.717) is 46.3 Å². The average molecular weight is 543 g/mol. The maximum atomic E-state index is 12.4. The predicted octanol–water partition coefficient (Wildman–Crippen LogP) is 9.36. The number of esters is 1. The zero-order valence-corrected chi connectivity index (χ0v) is 23.7. The first kappa shape index (κ1) is 27.9. The number of fused-ring (bicyclic) bond motifs is 1. The molecule has 5 rings (SSSR count). The lowest BCUT2D eigenvalue weighted by atomic mass is 9.82. The number of hydrogen-bond acceptors (Lipinski definition) is 5. The van der Waals surface area contributed by atoms with Crippen LogP contribution in [0.15, 0.2) is 66.7 Å². The largest absolute Gasteiger partial charge is 0.462 e. The lowest BCUT2D eigenvalue weighted by molar-refractivity contribution is 0.0499. The molecule has 0 saturated heterocycles. The van der Waals surface area contributed by atoms with Gasteiger partial charge in [-0.3, -0.25) is 0 Å². The van der Waals surface area contributed by atoms with Crippen LogP contribution in [0.5, 0.6) is 11.5 Å². The van der Waals surface area contributed by atoms with Gasteiger partial charge in [-0.25, -0.2) is 4.79 Å². The maximum absolute atomic E-state index is 12.4. The Morgan fingerprint density at radius 1 is 0.951 bits per heavy atom. The van der Waals surface area contributed by atoms with Crippen LogP contribution in [-0.4, -0.2) is 12.6 Å². The summed E-state index contributed by atoms with van der Waals surface area (Å²) in [5.41, 5.74) is 4.98. The van der Waals surface area contributed by atoms with Crippen LogP contribution in [0.3, 0.4) is 0 Å². The first-order chi connectivity index (χ1) is 20.0.